The number of nitrogens with one attached hydrogen (secondary N) is 1. The molecule has 4 rings (SSSR count). The lowest BCUT2D eigenvalue weighted by Crippen LogP contribution is -2.58. The summed E-state index contributed by atoms with van der Waals surface area (Å²) in [5.41, 5.74) is -6.24. The molecule has 1 aromatic heterocycles. The highest BCUT2D eigenvalue weighted by Crippen LogP contribution is 2.47. The number of benzene rings is 2. The van der Waals surface area contributed by atoms with Crippen LogP contribution in [0.4, 0.5) is 30.7 Å². The zero-order valence-electron chi connectivity index (χ0n) is 19.8. The number of halogens is 8. The number of aryl methyl sites for hydroxylation is 1. The number of H-pyrrole nitrogens is 1. The first-order chi connectivity index (χ1) is 18.2. The quantitative estimate of drug-likeness (QED) is 0.303. The van der Waals surface area contributed by atoms with Gasteiger partial charge in [-0.2, -0.15) is 31.3 Å². The summed E-state index contributed by atoms with van der Waals surface area (Å²) in [6.07, 6.45) is -12.8. The predicted octanol–water partition coefficient (Wildman–Crippen LogP) is 6.28. The molecule has 0 bridgehead atoms. The van der Waals surface area contributed by atoms with Crippen molar-refractivity contribution in [2.24, 2.45) is 5.92 Å². The summed E-state index contributed by atoms with van der Waals surface area (Å²) in [4.78, 5) is 34.5. The lowest BCUT2D eigenvalue weighted by atomic mass is 9.93. The van der Waals surface area contributed by atoms with Gasteiger partial charge in [0.05, 0.1) is 11.6 Å². The minimum atomic E-state index is -6.48. The molecule has 1 heterocycles. The summed E-state index contributed by atoms with van der Waals surface area (Å²) in [6.45, 7) is 0.601. The molecule has 0 aliphatic heterocycles. The van der Waals surface area contributed by atoms with Crippen LogP contribution in [-0.4, -0.2) is 45.4 Å². The van der Waals surface area contributed by atoms with Crippen molar-refractivity contribution in [3.63, 3.8) is 0 Å². The molecule has 14 heteroatoms. The molecule has 0 spiro atoms. The van der Waals surface area contributed by atoms with E-state index in [0.29, 0.717) is 23.8 Å². The number of ketones is 1. The molecule has 0 saturated heterocycles. The monoisotopic (exact) mass is 577 g/mol. The van der Waals surface area contributed by atoms with E-state index in [2.05, 4.69) is 15.0 Å². The van der Waals surface area contributed by atoms with E-state index in [4.69, 9.17) is 16.3 Å². The highest BCUT2D eigenvalue weighted by atomic mass is 35.5. The predicted molar refractivity (Wildman–Crippen MR) is 126 cm³/mol. The number of carbonyl (C=O) groups is 1. The van der Waals surface area contributed by atoms with E-state index in [1.807, 2.05) is 0 Å². The van der Waals surface area contributed by atoms with Gasteiger partial charge in [0.1, 0.15) is 11.6 Å². The summed E-state index contributed by atoms with van der Waals surface area (Å²) < 4.78 is 96.7. The first-order valence-corrected chi connectivity index (χ1v) is 11.9. The minimum Gasteiger partial charge on any atom is -0.493 e. The Labute approximate surface area is 221 Å². The molecule has 3 aromatic rings. The van der Waals surface area contributed by atoms with E-state index >= 15 is 0 Å². The molecular weight excluding hydrogens is 559 g/mol. The van der Waals surface area contributed by atoms with Gasteiger partial charge in [0.2, 0.25) is 0 Å². The van der Waals surface area contributed by atoms with Crippen molar-refractivity contribution in [3.8, 4) is 28.5 Å². The van der Waals surface area contributed by atoms with Crippen molar-refractivity contribution >= 4 is 17.4 Å². The number of hydrogen-bond acceptors (Lipinski definition) is 5. The standard InChI is InChI=1S/C25H19ClF7N3O3/c26-18-9-3-13(4-10-19(37)23(27,24(28,29)30)25(31,32)33)11-17(18)21-34-20(35-22(38)36-21)15-5-7-16(8-6-15)39-12-14-1-2-14/h3,5-9,11,14H,1-2,4,10,12H2,(H,34,35,36,38). The fourth-order valence-electron chi connectivity index (χ4n) is 3.66. The van der Waals surface area contributed by atoms with Gasteiger partial charge < -0.3 is 4.74 Å². The van der Waals surface area contributed by atoms with Crippen LogP contribution in [0.5, 0.6) is 5.75 Å². The summed E-state index contributed by atoms with van der Waals surface area (Å²) in [7, 11) is 0. The number of rotatable bonds is 9. The van der Waals surface area contributed by atoms with Gasteiger partial charge in [-0.3, -0.25) is 9.78 Å². The van der Waals surface area contributed by atoms with Crippen LogP contribution in [0.15, 0.2) is 47.3 Å². The van der Waals surface area contributed by atoms with Gasteiger partial charge in [0, 0.05) is 17.5 Å². The number of aromatic nitrogens is 3. The van der Waals surface area contributed by atoms with Crippen LogP contribution in [0.1, 0.15) is 24.8 Å². The lowest BCUT2D eigenvalue weighted by Gasteiger charge is -2.28. The number of hydrogen-bond donors (Lipinski definition) is 1. The molecule has 1 fully saturated rings. The van der Waals surface area contributed by atoms with Crippen LogP contribution in [-0.2, 0) is 11.2 Å². The van der Waals surface area contributed by atoms with Crippen LogP contribution in [0, 0.1) is 5.92 Å². The Hall–Kier alpha value is -3.48. The Morgan fingerprint density at radius 2 is 1.62 bits per heavy atom. The van der Waals surface area contributed by atoms with E-state index in [1.165, 1.54) is 18.2 Å². The molecule has 2 aromatic carbocycles. The van der Waals surface area contributed by atoms with Gasteiger partial charge in [-0.25, -0.2) is 14.2 Å². The third-order valence-electron chi connectivity index (χ3n) is 6.04. The lowest BCUT2D eigenvalue weighted by molar-refractivity contribution is -0.325. The summed E-state index contributed by atoms with van der Waals surface area (Å²) >= 11 is 6.20. The normalized spacial score (nSPS) is 14.4. The maximum absolute atomic E-state index is 14.0. The average Bonchev–Trinajstić information content (AvgIpc) is 3.69. The van der Waals surface area contributed by atoms with Crippen LogP contribution >= 0.6 is 11.6 Å². The molecule has 0 unspecified atom stereocenters. The molecule has 1 aliphatic rings. The SMILES string of the molecule is O=C(CCc1ccc(Cl)c(-c2nc(-c3ccc(OCC4CC4)cc3)nc(=O)[nH]2)c1)C(F)(C(F)(F)F)C(F)(F)F. The number of aromatic amines is 1. The second kappa shape index (κ2) is 10.6. The zero-order chi connectivity index (χ0) is 28.6. The van der Waals surface area contributed by atoms with Crippen molar-refractivity contribution < 1.29 is 40.3 Å². The number of ether oxygens (including phenoxy) is 1. The molecule has 1 N–H and O–H groups in total. The highest BCUT2D eigenvalue weighted by molar-refractivity contribution is 6.33. The fourth-order valence-corrected chi connectivity index (χ4v) is 3.86. The molecule has 0 radical (unpaired) electrons. The summed E-state index contributed by atoms with van der Waals surface area (Å²) in [5.74, 6) is -1.59. The molecule has 0 amide bonds. The van der Waals surface area contributed by atoms with E-state index in [9.17, 15) is 40.3 Å². The van der Waals surface area contributed by atoms with E-state index < -0.39 is 42.3 Å². The molecule has 1 saturated carbocycles. The molecular formula is C25H19ClF7N3O3. The Morgan fingerprint density at radius 1 is 0.974 bits per heavy atom. The van der Waals surface area contributed by atoms with Crippen LogP contribution in [0.25, 0.3) is 22.8 Å². The molecule has 39 heavy (non-hydrogen) atoms. The van der Waals surface area contributed by atoms with Crippen molar-refractivity contribution in [3.05, 3.63) is 63.5 Å². The van der Waals surface area contributed by atoms with E-state index in [-0.39, 0.29) is 27.8 Å². The van der Waals surface area contributed by atoms with Gasteiger partial charge in [-0.15, -0.1) is 0 Å². The van der Waals surface area contributed by atoms with Gasteiger partial charge in [-0.05, 0) is 67.1 Å². The van der Waals surface area contributed by atoms with Gasteiger partial charge in [0.25, 0.3) is 0 Å². The second-order valence-corrected chi connectivity index (χ2v) is 9.40. The Balaban J connectivity index is 1.56. The fraction of sp³-hybridized carbons (Fsp3) is 0.360. The van der Waals surface area contributed by atoms with Crippen molar-refractivity contribution in [2.75, 3.05) is 6.61 Å². The highest BCUT2D eigenvalue weighted by Gasteiger charge is 2.76. The van der Waals surface area contributed by atoms with Gasteiger partial charge in [0.15, 0.2) is 11.6 Å². The summed E-state index contributed by atoms with van der Waals surface area (Å²) in [6, 6.07) is 10.3. The Bertz CT molecular complexity index is 1400. The van der Waals surface area contributed by atoms with Crippen LogP contribution < -0.4 is 10.4 Å². The maximum atomic E-state index is 14.0. The van der Waals surface area contributed by atoms with E-state index in [1.54, 1.807) is 24.3 Å². The number of alkyl halides is 7. The topological polar surface area (TPSA) is 84.9 Å². The minimum absolute atomic E-state index is 0.0108. The second-order valence-electron chi connectivity index (χ2n) is 9.00. The van der Waals surface area contributed by atoms with Crippen molar-refractivity contribution in [1.82, 2.24) is 15.0 Å². The first kappa shape index (κ1) is 28.5. The van der Waals surface area contributed by atoms with Crippen LogP contribution in [0.2, 0.25) is 5.02 Å². The molecule has 6 nitrogen and oxygen atoms in total. The molecule has 0 atom stereocenters. The molecule has 208 valence electrons. The first-order valence-electron chi connectivity index (χ1n) is 11.5. The third-order valence-corrected chi connectivity index (χ3v) is 6.37. The smallest absolute Gasteiger partial charge is 0.439 e. The average molecular weight is 578 g/mol. The largest absolute Gasteiger partial charge is 0.493 e. The third kappa shape index (κ3) is 6.23. The van der Waals surface area contributed by atoms with Gasteiger partial charge >= 0.3 is 23.7 Å². The van der Waals surface area contributed by atoms with Crippen LogP contribution in [0.3, 0.4) is 0 Å². The Kier molecular flexibility index (Phi) is 7.75. The van der Waals surface area contributed by atoms with Crippen molar-refractivity contribution in [2.45, 2.75) is 43.7 Å². The van der Waals surface area contributed by atoms with Gasteiger partial charge in [-0.1, -0.05) is 17.7 Å². The maximum Gasteiger partial charge on any atom is 0.439 e. The molecule has 1 aliphatic carbocycles. The number of carbonyl (C=O) groups excluding carboxylic acids is 1. The Morgan fingerprint density at radius 3 is 2.21 bits per heavy atom. The van der Waals surface area contributed by atoms with E-state index in [0.717, 1.165) is 12.8 Å². The van der Waals surface area contributed by atoms with Crippen molar-refractivity contribution in [1.29, 1.82) is 0 Å². The number of nitrogens with zero attached hydrogens (tertiary/aromatic N) is 2. The zero-order valence-corrected chi connectivity index (χ0v) is 20.6. The number of Topliss-reactive ketones (excluding diaryl/α,β-unsaturated/α-hetero) is 1. The summed E-state index contributed by atoms with van der Waals surface area (Å²) in [5, 5.41) is 0.0274.